The molecule has 0 N–H and O–H groups in total. The molecule has 1 rings (SSSR count). The first-order valence-electron chi connectivity index (χ1n) is 6.23. The predicted octanol–water partition coefficient (Wildman–Crippen LogP) is 2.88. The molecule has 0 radical (unpaired) electrons. The maximum atomic E-state index is 12.2. The fraction of sp³-hybridized carbons (Fsp3) is 0.750. The molecule has 0 fully saturated rings. The van der Waals surface area contributed by atoms with E-state index in [4.69, 9.17) is 4.74 Å². The molecule has 0 spiro atoms. The number of hydrogen-bond donors (Lipinski definition) is 0. The van der Waals surface area contributed by atoms with Crippen LogP contribution in [0.25, 0.3) is 0 Å². The van der Waals surface area contributed by atoms with Crippen LogP contribution in [0.15, 0.2) is 11.8 Å². The molecule has 0 amide bonds. The number of hydrogen-bond acceptors (Lipinski definition) is 5. The minimum absolute atomic E-state index is 0.0305. The number of rotatable bonds is 4. The van der Waals surface area contributed by atoms with Crippen molar-refractivity contribution in [3.8, 4) is 0 Å². The van der Waals surface area contributed by atoms with E-state index in [1.807, 2.05) is 0 Å². The molecule has 0 saturated carbocycles. The SMILES string of the molecule is CC(C)(C)OC(=O)CC1C=C(OS(=O)(=O)C(F)(F)F)CC1. The van der Waals surface area contributed by atoms with E-state index in [-0.39, 0.29) is 18.6 Å². The van der Waals surface area contributed by atoms with Gasteiger partial charge in [0.05, 0.1) is 6.42 Å². The normalized spacial score (nSPS) is 20.1. The number of alkyl halides is 3. The Labute approximate surface area is 121 Å². The first kappa shape index (κ1) is 17.8. The van der Waals surface area contributed by atoms with E-state index in [0.29, 0.717) is 6.42 Å². The summed E-state index contributed by atoms with van der Waals surface area (Å²) in [5, 5.41) is 0. The van der Waals surface area contributed by atoms with Crippen molar-refractivity contribution in [3.63, 3.8) is 0 Å². The summed E-state index contributed by atoms with van der Waals surface area (Å²) < 4.78 is 67.3. The lowest BCUT2D eigenvalue weighted by Gasteiger charge is -2.20. The zero-order valence-corrected chi connectivity index (χ0v) is 12.7. The highest BCUT2D eigenvalue weighted by atomic mass is 32.2. The maximum absolute atomic E-state index is 12.2. The van der Waals surface area contributed by atoms with Gasteiger partial charge >= 0.3 is 21.6 Å². The van der Waals surface area contributed by atoms with Gasteiger partial charge in [-0.2, -0.15) is 21.6 Å². The van der Waals surface area contributed by atoms with Crippen LogP contribution in [0.1, 0.15) is 40.0 Å². The van der Waals surface area contributed by atoms with Crippen LogP contribution < -0.4 is 0 Å². The second kappa shape index (κ2) is 5.86. The van der Waals surface area contributed by atoms with Crippen molar-refractivity contribution >= 4 is 16.1 Å². The van der Waals surface area contributed by atoms with E-state index in [9.17, 15) is 26.4 Å². The first-order valence-corrected chi connectivity index (χ1v) is 7.64. The summed E-state index contributed by atoms with van der Waals surface area (Å²) in [6.07, 6.45) is 1.56. The van der Waals surface area contributed by atoms with Crippen LogP contribution in [-0.2, 0) is 23.8 Å². The molecule has 0 bridgehead atoms. The Kier molecular flexibility index (Phi) is 4.97. The molecule has 0 aromatic rings. The minimum atomic E-state index is -5.65. The third-order valence-corrected chi connectivity index (χ3v) is 3.53. The van der Waals surface area contributed by atoms with E-state index in [0.717, 1.165) is 0 Å². The number of esters is 1. The molecule has 1 aliphatic carbocycles. The van der Waals surface area contributed by atoms with Crippen molar-refractivity contribution < 1.29 is 35.3 Å². The summed E-state index contributed by atoms with van der Waals surface area (Å²) in [4.78, 5) is 11.6. The highest BCUT2D eigenvalue weighted by molar-refractivity contribution is 7.87. The number of carbonyl (C=O) groups excluding carboxylic acids is 1. The van der Waals surface area contributed by atoms with Crippen molar-refractivity contribution in [2.75, 3.05) is 0 Å². The Morgan fingerprint density at radius 1 is 1.33 bits per heavy atom. The Morgan fingerprint density at radius 2 is 1.90 bits per heavy atom. The number of carbonyl (C=O) groups is 1. The van der Waals surface area contributed by atoms with Gasteiger partial charge in [0, 0.05) is 6.42 Å². The Hall–Kier alpha value is -1.25. The van der Waals surface area contributed by atoms with Gasteiger partial charge in [-0.15, -0.1) is 0 Å². The summed E-state index contributed by atoms with van der Waals surface area (Å²) in [6, 6.07) is 0. The van der Waals surface area contributed by atoms with Crippen LogP contribution in [0.4, 0.5) is 13.2 Å². The topological polar surface area (TPSA) is 69.7 Å². The van der Waals surface area contributed by atoms with Gasteiger partial charge in [-0.3, -0.25) is 4.79 Å². The third kappa shape index (κ3) is 5.56. The molecule has 1 atom stereocenters. The largest absolute Gasteiger partial charge is 0.534 e. The van der Waals surface area contributed by atoms with Gasteiger partial charge in [0.2, 0.25) is 0 Å². The molecular formula is C12H17F3O5S. The highest BCUT2D eigenvalue weighted by Crippen LogP contribution is 2.33. The molecule has 0 aromatic carbocycles. The average molecular weight is 330 g/mol. The van der Waals surface area contributed by atoms with Crippen molar-refractivity contribution in [1.29, 1.82) is 0 Å². The van der Waals surface area contributed by atoms with Crippen LogP contribution in [0.2, 0.25) is 0 Å². The third-order valence-electron chi connectivity index (χ3n) is 2.53. The smallest absolute Gasteiger partial charge is 0.460 e. The Balaban J connectivity index is 2.62. The zero-order valence-electron chi connectivity index (χ0n) is 11.9. The maximum Gasteiger partial charge on any atom is 0.534 e. The van der Waals surface area contributed by atoms with Crippen LogP contribution in [-0.4, -0.2) is 25.5 Å². The van der Waals surface area contributed by atoms with Gasteiger partial charge in [-0.05, 0) is 39.2 Å². The fourth-order valence-electron chi connectivity index (χ4n) is 1.77. The van der Waals surface area contributed by atoms with E-state index in [1.165, 1.54) is 6.08 Å². The number of allylic oxidation sites excluding steroid dienone is 2. The zero-order chi connectivity index (χ0) is 16.5. The van der Waals surface area contributed by atoms with Crippen LogP contribution in [0.3, 0.4) is 0 Å². The quantitative estimate of drug-likeness (QED) is 0.450. The second-order valence-corrected chi connectivity index (χ2v) is 7.24. The highest BCUT2D eigenvalue weighted by Gasteiger charge is 2.49. The summed E-state index contributed by atoms with van der Waals surface area (Å²) in [6.45, 7) is 5.08. The molecule has 0 aliphatic heterocycles. The van der Waals surface area contributed by atoms with Crippen LogP contribution >= 0.6 is 0 Å². The van der Waals surface area contributed by atoms with Gasteiger partial charge in [-0.25, -0.2) is 0 Å². The van der Waals surface area contributed by atoms with E-state index < -0.39 is 33.1 Å². The summed E-state index contributed by atoms with van der Waals surface area (Å²) in [5.74, 6) is -1.18. The molecule has 5 nitrogen and oxygen atoms in total. The molecule has 0 heterocycles. The Bertz CT molecular complexity index is 528. The summed E-state index contributed by atoms with van der Waals surface area (Å²) in [5.41, 5.74) is -6.12. The molecule has 0 saturated heterocycles. The lowest BCUT2D eigenvalue weighted by molar-refractivity contribution is -0.155. The lowest BCUT2D eigenvalue weighted by atomic mass is 10.1. The van der Waals surface area contributed by atoms with Crippen molar-refractivity contribution in [2.24, 2.45) is 5.92 Å². The molecule has 1 unspecified atom stereocenters. The van der Waals surface area contributed by atoms with Gasteiger partial charge in [-0.1, -0.05) is 0 Å². The standard InChI is InChI=1S/C12H17F3O5S/c1-11(2,3)19-10(16)7-8-4-5-9(6-8)20-21(17,18)12(13,14)15/h6,8H,4-5,7H2,1-3H3. The van der Waals surface area contributed by atoms with E-state index >= 15 is 0 Å². The van der Waals surface area contributed by atoms with Crippen LogP contribution in [0.5, 0.6) is 0 Å². The summed E-state index contributed by atoms with van der Waals surface area (Å²) >= 11 is 0. The number of ether oxygens (including phenoxy) is 1. The number of halogens is 3. The molecule has 1 aliphatic rings. The molecule has 122 valence electrons. The first-order chi connectivity index (χ1) is 9.30. The van der Waals surface area contributed by atoms with Gasteiger partial charge in [0.1, 0.15) is 11.4 Å². The van der Waals surface area contributed by atoms with Crippen molar-refractivity contribution in [2.45, 2.75) is 51.1 Å². The average Bonchev–Trinajstić information content (AvgIpc) is 2.59. The minimum Gasteiger partial charge on any atom is -0.460 e. The lowest BCUT2D eigenvalue weighted by Crippen LogP contribution is -2.25. The molecule has 9 heteroatoms. The Morgan fingerprint density at radius 3 is 2.38 bits per heavy atom. The van der Waals surface area contributed by atoms with Gasteiger partial charge in [0.15, 0.2) is 0 Å². The van der Waals surface area contributed by atoms with Gasteiger partial charge < -0.3 is 8.92 Å². The van der Waals surface area contributed by atoms with E-state index in [2.05, 4.69) is 4.18 Å². The molecule has 0 aromatic heterocycles. The monoisotopic (exact) mass is 330 g/mol. The van der Waals surface area contributed by atoms with E-state index in [1.54, 1.807) is 20.8 Å². The fourth-order valence-corrected chi connectivity index (χ4v) is 2.29. The second-order valence-electron chi connectivity index (χ2n) is 5.71. The predicted molar refractivity (Wildman–Crippen MR) is 67.3 cm³/mol. The van der Waals surface area contributed by atoms with Crippen LogP contribution in [0, 0.1) is 5.92 Å². The van der Waals surface area contributed by atoms with Crippen molar-refractivity contribution in [1.82, 2.24) is 0 Å². The van der Waals surface area contributed by atoms with Gasteiger partial charge in [0.25, 0.3) is 0 Å². The molecular weight excluding hydrogens is 313 g/mol. The molecule has 21 heavy (non-hydrogen) atoms. The summed E-state index contributed by atoms with van der Waals surface area (Å²) in [7, 11) is -5.65. The van der Waals surface area contributed by atoms with Crippen molar-refractivity contribution in [3.05, 3.63) is 11.8 Å².